The lowest BCUT2D eigenvalue weighted by atomic mass is 9.98. The number of amides is 1. The number of hydrazone groups is 1. The van der Waals surface area contributed by atoms with Crippen LogP contribution in [0.4, 0.5) is 0 Å². The van der Waals surface area contributed by atoms with Gasteiger partial charge < -0.3 is 9.47 Å². The molecule has 1 amide bonds. The number of aromatic nitrogens is 1. The van der Waals surface area contributed by atoms with Crippen LogP contribution >= 0.6 is 11.3 Å². The maximum absolute atomic E-state index is 12.9. The third-order valence-electron chi connectivity index (χ3n) is 4.92. The molecule has 1 aromatic heterocycles. The Kier molecular flexibility index (Phi) is 6.72. The highest BCUT2D eigenvalue weighted by Gasteiger charge is 2.33. The molecule has 162 valence electrons. The summed E-state index contributed by atoms with van der Waals surface area (Å²) < 4.78 is 10.4. The molecule has 0 bridgehead atoms. The minimum atomic E-state index is -0.610. The summed E-state index contributed by atoms with van der Waals surface area (Å²) in [6.07, 6.45) is 5.02. The van der Waals surface area contributed by atoms with E-state index in [1.54, 1.807) is 19.4 Å². The molecular formula is C24H21N3O4S. The summed E-state index contributed by atoms with van der Waals surface area (Å²) in [7, 11) is 1.61. The molecule has 0 saturated carbocycles. The third kappa shape index (κ3) is 5.09. The Labute approximate surface area is 189 Å². The Morgan fingerprint density at radius 3 is 2.62 bits per heavy atom. The van der Waals surface area contributed by atoms with Crippen molar-refractivity contribution < 1.29 is 19.1 Å². The standard InChI is InChI=1S/C24H21N3O4S/c1-30-19-9-7-18(8-10-19)21-15-20(17-5-3-2-4-6-17)26-27(21)23(28)16-31-24(29)12-11-22-25-13-14-32-22/h2-14,21H,15-16H2,1H3. The molecule has 0 spiro atoms. The van der Waals surface area contributed by atoms with E-state index in [2.05, 4.69) is 10.1 Å². The van der Waals surface area contributed by atoms with Crippen molar-refractivity contribution in [1.29, 1.82) is 0 Å². The molecule has 0 radical (unpaired) electrons. The molecule has 0 aliphatic carbocycles. The summed E-state index contributed by atoms with van der Waals surface area (Å²) in [4.78, 5) is 29.0. The Bertz CT molecular complexity index is 1130. The van der Waals surface area contributed by atoms with Gasteiger partial charge in [0.1, 0.15) is 10.8 Å². The van der Waals surface area contributed by atoms with E-state index in [1.165, 1.54) is 22.4 Å². The lowest BCUT2D eigenvalue weighted by molar-refractivity contribution is -0.149. The number of hydrogen-bond donors (Lipinski definition) is 0. The fourth-order valence-corrected chi connectivity index (χ4v) is 3.86. The number of benzene rings is 2. The molecule has 0 N–H and O–H groups in total. The number of methoxy groups -OCH3 is 1. The second-order valence-corrected chi connectivity index (χ2v) is 7.88. The van der Waals surface area contributed by atoms with Gasteiger partial charge in [0.25, 0.3) is 5.91 Å². The van der Waals surface area contributed by atoms with Crippen LogP contribution in [-0.2, 0) is 14.3 Å². The molecule has 8 heteroatoms. The summed E-state index contributed by atoms with van der Waals surface area (Å²) in [5.74, 6) is -0.275. The highest BCUT2D eigenvalue weighted by atomic mass is 32.1. The molecule has 1 atom stereocenters. The predicted molar refractivity (Wildman–Crippen MR) is 122 cm³/mol. The van der Waals surface area contributed by atoms with E-state index >= 15 is 0 Å². The quantitative estimate of drug-likeness (QED) is 0.403. The molecule has 1 aliphatic heterocycles. The number of carbonyl (C=O) groups excluding carboxylic acids is 2. The van der Waals surface area contributed by atoms with Crippen molar-refractivity contribution in [1.82, 2.24) is 9.99 Å². The number of thiazole rings is 1. The van der Waals surface area contributed by atoms with Gasteiger partial charge >= 0.3 is 5.97 Å². The van der Waals surface area contributed by atoms with Crippen LogP contribution in [0.5, 0.6) is 5.75 Å². The Morgan fingerprint density at radius 1 is 1.16 bits per heavy atom. The van der Waals surface area contributed by atoms with E-state index in [-0.39, 0.29) is 6.04 Å². The largest absolute Gasteiger partial charge is 0.497 e. The van der Waals surface area contributed by atoms with E-state index in [1.807, 2.05) is 60.0 Å². The predicted octanol–water partition coefficient (Wildman–Crippen LogP) is 4.09. The maximum Gasteiger partial charge on any atom is 0.331 e. The van der Waals surface area contributed by atoms with Crippen molar-refractivity contribution in [3.63, 3.8) is 0 Å². The first-order chi connectivity index (χ1) is 15.6. The second kappa shape index (κ2) is 10.0. The molecule has 2 heterocycles. The maximum atomic E-state index is 12.9. The first kappa shape index (κ1) is 21.5. The zero-order chi connectivity index (χ0) is 22.3. The average Bonchev–Trinajstić information content (AvgIpc) is 3.52. The molecule has 3 aromatic rings. The van der Waals surface area contributed by atoms with Crippen molar-refractivity contribution in [3.8, 4) is 5.75 Å². The number of esters is 1. The molecule has 1 unspecified atom stereocenters. The highest BCUT2D eigenvalue weighted by Crippen LogP contribution is 2.33. The van der Waals surface area contributed by atoms with E-state index < -0.39 is 18.5 Å². The van der Waals surface area contributed by atoms with Crippen molar-refractivity contribution in [2.75, 3.05) is 13.7 Å². The van der Waals surface area contributed by atoms with Crippen LogP contribution in [0, 0.1) is 0 Å². The van der Waals surface area contributed by atoms with Crippen LogP contribution in [0.1, 0.15) is 28.6 Å². The van der Waals surface area contributed by atoms with Crippen LogP contribution < -0.4 is 4.74 Å². The van der Waals surface area contributed by atoms with Crippen molar-refractivity contribution >= 4 is 35.0 Å². The number of rotatable bonds is 7. The summed E-state index contributed by atoms with van der Waals surface area (Å²) in [5.41, 5.74) is 2.67. The number of nitrogens with zero attached hydrogens (tertiary/aromatic N) is 3. The molecule has 1 aliphatic rings. The van der Waals surface area contributed by atoms with Crippen molar-refractivity contribution in [2.45, 2.75) is 12.5 Å². The zero-order valence-electron chi connectivity index (χ0n) is 17.4. The first-order valence-electron chi connectivity index (χ1n) is 9.97. The van der Waals surface area contributed by atoms with Crippen LogP contribution in [-0.4, -0.2) is 41.3 Å². The zero-order valence-corrected chi connectivity index (χ0v) is 18.2. The van der Waals surface area contributed by atoms with Gasteiger partial charge in [0.05, 0.1) is 18.9 Å². The molecule has 7 nitrogen and oxygen atoms in total. The van der Waals surface area contributed by atoms with Crippen LogP contribution in [0.25, 0.3) is 6.08 Å². The van der Waals surface area contributed by atoms with Gasteiger partial charge in [0.15, 0.2) is 6.61 Å². The van der Waals surface area contributed by atoms with Gasteiger partial charge in [-0.3, -0.25) is 4.79 Å². The molecule has 2 aromatic carbocycles. The van der Waals surface area contributed by atoms with E-state index in [9.17, 15) is 9.59 Å². The third-order valence-corrected chi connectivity index (χ3v) is 5.67. The second-order valence-electron chi connectivity index (χ2n) is 6.96. The lowest BCUT2D eigenvalue weighted by Crippen LogP contribution is -2.31. The summed E-state index contributed by atoms with van der Waals surface area (Å²) >= 11 is 1.40. The van der Waals surface area contributed by atoms with E-state index in [0.717, 1.165) is 22.6 Å². The SMILES string of the molecule is COc1ccc(C2CC(c3ccccc3)=NN2C(=O)COC(=O)C=Cc2nccs2)cc1. The number of carbonyl (C=O) groups is 2. The van der Waals surface area contributed by atoms with Crippen LogP contribution in [0.15, 0.2) is 77.4 Å². The Hall–Kier alpha value is -3.78. The Balaban J connectivity index is 1.49. The lowest BCUT2D eigenvalue weighted by Gasteiger charge is -2.22. The van der Waals surface area contributed by atoms with Gasteiger partial charge in [-0.15, -0.1) is 11.3 Å². The molecule has 32 heavy (non-hydrogen) atoms. The molecule has 4 rings (SSSR count). The topological polar surface area (TPSA) is 81.1 Å². The number of hydrogen-bond acceptors (Lipinski definition) is 7. The summed E-state index contributed by atoms with van der Waals surface area (Å²) in [6.45, 7) is -0.404. The highest BCUT2D eigenvalue weighted by molar-refractivity contribution is 7.10. The number of ether oxygens (including phenoxy) is 2. The van der Waals surface area contributed by atoms with Crippen LogP contribution in [0.2, 0.25) is 0 Å². The average molecular weight is 448 g/mol. The van der Waals surface area contributed by atoms with Gasteiger partial charge in [-0.2, -0.15) is 5.10 Å². The van der Waals surface area contributed by atoms with Crippen LogP contribution in [0.3, 0.4) is 0 Å². The molecule has 0 fully saturated rings. The molecule has 0 saturated heterocycles. The smallest absolute Gasteiger partial charge is 0.331 e. The summed E-state index contributed by atoms with van der Waals surface area (Å²) in [5, 5.41) is 8.47. The fraction of sp³-hybridized carbons (Fsp3) is 0.167. The first-order valence-corrected chi connectivity index (χ1v) is 10.9. The normalized spacial score (nSPS) is 15.6. The van der Waals surface area contributed by atoms with Gasteiger partial charge in [-0.25, -0.2) is 14.8 Å². The monoisotopic (exact) mass is 447 g/mol. The minimum Gasteiger partial charge on any atom is -0.497 e. The summed E-state index contributed by atoms with van der Waals surface area (Å²) in [6, 6.07) is 16.9. The van der Waals surface area contributed by atoms with Gasteiger partial charge in [0.2, 0.25) is 0 Å². The van der Waals surface area contributed by atoms with Crippen molar-refractivity contribution in [2.24, 2.45) is 5.10 Å². The van der Waals surface area contributed by atoms with Crippen molar-refractivity contribution in [3.05, 3.63) is 88.4 Å². The van der Waals surface area contributed by atoms with E-state index in [0.29, 0.717) is 11.4 Å². The fourth-order valence-electron chi connectivity index (χ4n) is 3.33. The van der Waals surface area contributed by atoms with Gasteiger partial charge in [0, 0.05) is 24.1 Å². The van der Waals surface area contributed by atoms with Gasteiger partial charge in [-0.1, -0.05) is 42.5 Å². The molecular weight excluding hydrogens is 426 g/mol. The van der Waals surface area contributed by atoms with Gasteiger partial charge in [-0.05, 0) is 29.3 Å². The Morgan fingerprint density at radius 2 is 1.94 bits per heavy atom. The minimum absolute atomic E-state index is 0.298. The van der Waals surface area contributed by atoms with E-state index in [4.69, 9.17) is 9.47 Å².